The second-order valence-electron chi connectivity index (χ2n) is 5.03. The lowest BCUT2D eigenvalue weighted by Gasteiger charge is -2.26. The van der Waals surface area contributed by atoms with Crippen LogP contribution in [0.3, 0.4) is 0 Å². The zero-order chi connectivity index (χ0) is 13.2. The Morgan fingerprint density at radius 1 is 1.50 bits per heavy atom. The van der Waals surface area contributed by atoms with Crippen molar-refractivity contribution in [3.8, 4) is 0 Å². The molecule has 0 spiro atoms. The van der Waals surface area contributed by atoms with Crippen LogP contribution >= 0.6 is 0 Å². The number of carbonyl (C=O) groups is 1. The van der Waals surface area contributed by atoms with Gasteiger partial charge in [-0.2, -0.15) is 4.39 Å². The van der Waals surface area contributed by atoms with Gasteiger partial charge in [0.2, 0.25) is 5.95 Å². The molecule has 1 aromatic rings. The number of aromatic nitrogens is 1. The fourth-order valence-corrected chi connectivity index (χ4v) is 2.65. The van der Waals surface area contributed by atoms with Crippen LogP contribution in [0.5, 0.6) is 0 Å². The van der Waals surface area contributed by atoms with E-state index in [1.54, 1.807) is 11.0 Å². The monoisotopic (exact) mass is 250 g/mol. The van der Waals surface area contributed by atoms with Gasteiger partial charge in [0.15, 0.2) is 0 Å². The van der Waals surface area contributed by atoms with E-state index in [4.69, 9.17) is 0 Å². The average Bonchev–Trinajstić information content (AvgIpc) is 2.84. The molecule has 1 saturated heterocycles. The molecule has 1 fully saturated rings. The van der Waals surface area contributed by atoms with Gasteiger partial charge in [0.1, 0.15) is 0 Å². The third kappa shape index (κ3) is 2.24. The normalized spacial score (nSPS) is 18.1. The van der Waals surface area contributed by atoms with Crippen LogP contribution in [-0.4, -0.2) is 28.9 Å². The van der Waals surface area contributed by atoms with Crippen molar-refractivity contribution in [1.29, 1.82) is 0 Å². The maximum atomic E-state index is 13.5. The topological polar surface area (TPSA) is 33.2 Å². The molecule has 3 nitrogen and oxygen atoms in total. The summed E-state index contributed by atoms with van der Waals surface area (Å²) in [5.41, 5.74) is 0.300. The molecular formula is C14H19FN2O. The maximum absolute atomic E-state index is 13.5. The highest BCUT2D eigenvalue weighted by Gasteiger charge is 2.37. The van der Waals surface area contributed by atoms with E-state index in [0.717, 1.165) is 32.4 Å². The van der Waals surface area contributed by atoms with Crippen LogP contribution in [-0.2, 0) is 0 Å². The number of hydrogen-bond acceptors (Lipinski definition) is 2. The average molecular weight is 250 g/mol. The zero-order valence-electron chi connectivity index (χ0n) is 10.9. The number of amides is 1. The Morgan fingerprint density at radius 3 is 2.78 bits per heavy atom. The minimum atomic E-state index is -0.673. The molecule has 0 radical (unpaired) electrons. The quantitative estimate of drug-likeness (QED) is 0.773. The van der Waals surface area contributed by atoms with Crippen molar-refractivity contribution in [2.24, 2.45) is 5.41 Å². The summed E-state index contributed by atoms with van der Waals surface area (Å²) in [6, 6.07) is 3.10. The number of pyridine rings is 1. The lowest BCUT2D eigenvalue weighted by Crippen LogP contribution is -2.32. The van der Waals surface area contributed by atoms with Gasteiger partial charge in [-0.3, -0.25) is 4.79 Å². The molecule has 18 heavy (non-hydrogen) atoms. The second-order valence-corrected chi connectivity index (χ2v) is 5.03. The number of hydrogen-bond donors (Lipinski definition) is 0. The molecule has 0 bridgehead atoms. The SMILES string of the molecule is CCC1(CC)CCN(C(=O)c2cccnc2F)C1. The summed E-state index contributed by atoms with van der Waals surface area (Å²) >= 11 is 0. The van der Waals surface area contributed by atoms with Crippen molar-refractivity contribution < 1.29 is 9.18 Å². The molecule has 1 aliphatic rings. The van der Waals surface area contributed by atoms with Gasteiger partial charge in [-0.15, -0.1) is 0 Å². The molecule has 98 valence electrons. The van der Waals surface area contributed by atoms with E-state index in [1.165, 1.54) is 12.3 Å². The van der Waals surface area contributed by atoms with Crippen LogP contribution in [0.4, 0.5) is 4.39 Å². The minimum absolute atomic E-state index is 0.0838. The number of carbonyl (C=O) groups excluding carboxylic acids is 1. The van der Waals surface area contributed by atoms with Crippen LogP contribution in [0.25, 0.3) is 0 Å². The highest BCUT2D eigenvalue weighted by Crippen LogP contribution is 2.37. The predicted molar refractivity (Wildman–Crippen MR) is 67.7 cm³/mol. The van der Waals surface area contributed by atoms with Gasteiger partial charge >= 0.3 is 0 Å². The molecular weight excluding hydrogens is 231 g/mol. The predicted octanol–water partition coefficient (Wildman–Crippen LogP) is 2.87. The van der Waals surface area contributed by atoms with Gasteiger partial charge in [0.25, 0.3) is 5.91 Å². The van der Waals surface area contributed by atoms with E-state index in [2.05, 4.69) is 18.8 Å². The maximum Gasteiger partial charge on any atom is 0.258 e. The molecule has 0 unspecified atom stereocenters. The first-order chi connectivity index (χ1) is 8.62. The molecule has 0 saturated carbocycles. The van der Waals surface area contributed by atoms with Crippen molar-refractivity contribution in [3.05, 3.63) is 29.8 Å². The molecule has 1 aliphatic heterocycles. The second kappa shape index (κ2) is 5.04. The van der Waals surface area contributed by atoms with Gasteiger partial charge in [-0.1, -0.05) is 13.8 Å². The molecule has 0 atom stereocenters. The van der Waals surface area contributed by atoms with E-state index in [9.17, 15) is 9.18 Å². The van der Waals surface area contributed by atoms with Crippen LogP contribution < -0.4 is 0 Å². The van der Waals surface area contributed by atoms with Crippen LogP contribution in [0.2, 0.25) is 0 Å². The number of likely N-dealkylation sites (tertiary alicyclic amines) is 1. The van der Waals surface area contributed by atoms with Crippen LogP contribution in [0, 0.1) is 11.4 Å². The Hall–Kier alpha value is -1.45. The fraction of sp³-hybridized carbons (Fsp3) is 0.571. The molecule has 2 rings (SSSR count). The Bertz CT molecular complexity index is 443. The van der Waals surface area contributed by atoms with Crippen molar-refractivity contribution in [1.82, 2.24) is 9.88 Å². The first-order valence-electron chi connectivity index (χ1n) is 6.51. The van der Waals surface area contributed by atoms with Gasteiger partial charge in [0.05, 0.1) is 5.56 Å². The van der Waals surface area contributed by atoms with Gasteiger partial charge in [-0.25, -0.2) is 4.98 Å². The van der Waals surface area contributed by atoms with Gasteiger partial charge in [-0.05, 0) is 36.8 Å². The van der Waals surface area contributed by atoms with Crippen molar-refractivity contribution in [3.63, 3.8) is 0 Å². The molecule has 0 aliphatic carbocycles. The lowest BCUT2D eigenvalue weighted by atomic mass is 9.82. The van der Waals surface area contributed by atoms with E-state index in [-0.39, 0.29) is 16.9 Å². The molecule has 1 aromatic heterocycles. The Balaban J connectivity index is 2.15. The lowest BCUT2D eigenvalue weighted by molar-refractivity contribution is 0.0764. The van der Waals surface area contributed by atoms with Gasteiger partial charge < -0.3 is 4.90 Å². The van der Waals surface area contributed by atoms with Gasteiger partial charge in [0, 0.05) is 19.3 Å². The fourth-order valence-electron chi connectivity index (χ4n) is 2.65. The van der Waals surface area contributed by atoms with E-state index < -0.39 is 5.95 Å². The number of halogens is 1. The molecule has 2 heterocycles. The summed E-state index contributed by atoms with van der Waals surface area (Å²) in [4.78, 5) is 17.5. The van der Waals surface area contributed by atoms with E-state index in [1.807, 2.05) is 0 Å². The largest absolute Gasteiger partial charge is 0.338 e. The highest BCUT2D eigenvalue weighted by atomic mass is 19.1. The summed E-state index contributed by atoms with van der Waals surface area (Å²) in [7, 11) is 0. The number of rotatable bonds is 3. The Kier molecular flexibility index (Phi) is 3.64. The summed E-state index contributed by atoms with van der Waals surface area (Å²) in [5, 5.41) is 0. The molecule has 4 heteroatoms. The Labute approximate surface area is 107 Å². The van der Waals surface area contributed by atoms with E-state index in [0.29, 0.717) is 0 Å². The van der Waals surface area contributed by atoms with Crippen LogP contribution in [0.1, 0.15) is 43.5 Å². The minimum Gasteiger partial charge on any atom is -0.338 e. The third-order valence-electron chi connectivity index (χ3n) is 4.22. The third-order valence-corrected chi connectivity index (χ3v) is 4.22. The van der Waals surface area contributed by atoms with Crippen molar-refractivity contribution in [2.75, 3.05) is 13.1 Å². The number of nitrogens with zero attached hydrogens (tertiary/aromatic N) is 2. The first-order valence-corrected chi connectivity index (χ1v) is 6.51. The summed E-state index contributed by atoms with van der Waals surface area (Å²) < 4.78 is 13.5. The van der Waals surface area contributed by atoms with Crippen LogP contribution in [0.15, 0.2) is 18.3 Å². The Morgan fingerprint density at radius 2 is 2.22 bits per heavy atom. The highest BCUT2D eigenvalue weighted by molar-refractivity contribution is 5.94. The molecule has 1 amide bonds. The summed E-state index contributed by atoms with van der Waals surface area (Å²) in [6.45, 7) is 5.76. The standard InChI is InChI=1S/C14H19FN2O/c1-3-14(4-2)7-9-17(10-14)13(18)11-6-5-8-16-12(11)15/h5-6,8H,3-4,7,9-10H2,1-2H3. The first kappa shape index (κ1) is 13.0. The summed E-state index contributed by atoms with van der Waals surface area (Å²) in [6.07, 6.45) is 4.48. The van der Waals surface area contributed by atoms with Crippen molar-refractivity contribution >= 4 is 5.91 Å². The summed E-state index contributed by atoms with van der Waals surface area (Å²) in [5.74, 6) is -0.905. The zero-order valence-corrected chi connectivity index (χ0v) is 10.9. The molecule has 0 aromatic carbocycles. The smallest absolute Gasteiger partial charge is 0.258 e. The van der Waals surface area contributed by atoms with Crippen molar-refractivity contribution in [2.45, 2.75) is 33.1 Å². The molecule has 0 N–H and O–H groups in total. The van der Waals surface area contributed by atoms with E-state index >= 15 is 0 Å².